The number of nitrogens with zero attached hydrogens (tertiary/aromatic N) is 4. The van der Waals surface area contributed by atoms with Crippen LogP contribution in [0.2, 0.25) is 0 Å². The predicted molar refractivity (Wildman–Crippen MR) is 88.4 cm³/mol. The molecule has 0 saturated carbocycles. The maximum atomic E-state index is 13.3. The maximum absolute atomic E-state index is 13.3. The summed E-state index contributed by atoms with van der Waals surface area (Å²) < 4.78 is 19.0. The molecule has 0 N–H and O–H groups in total. The molecular formula is C18H19FN4O. The molecule has 0 aliphatic rings. The quantitative estimate of drug-likeness (QED) is 0.688. The van der Waals surface area contributed by atoms with E-state index in [0.29, 0.717) is 23.9 Å². The lowest BCUT2D eigenvalue weighted by Gasteiger charge is -2.25. The molecule has 124 valence electrons. The Morgan fingerprint density at radius 3 is 2.75 bits per heavy atom. The Kier molecular flexibility index (Phi) is 4.96. The molecule has 0 aliphatic heterocycles. The number of halogens is 1. The van der Waals surface area contributed by atoms with Gasteiger partial charge < -0.3 is 4.42 Å². The molecule has 5 nitrogen and oxygen atoms in total. The molecule has 1 unspecified atom stereocenters. The van der Waals surface area contributed by atoms with E-state index in [2.05, 4.69) is 27.0 Å². The SMILES string of the molecule is CCC(c1ccccn1)N(C)Cc1nnc(-c2cccc(F)c2)o1. The molecule has 3 rings (SSSR count). The zero-order chi connectivity index (χ0) is 16.9. The minimum absolute atomic E-state index is 0.163. The van der Waals surface area contributed by atoms with Crippen LogP contribution in [0.3, 0.4) is 0 Å². The Morgan fingerprint density at radius 2 is 2.04 bits per heavy atom. The molecule has 2 aromatic heterocycles. The fraction of sp³-hybridized carbons (Fsp3) is 0.278. The first-order valence-corrected chi connectivity index (χ1v) is 7.87. The molecule has 0 bridgehead atoms. The lowest BCUT2D eigenvalue weighted by atomic mass is 10.1. The Bertz CT molecular complexity index is 790. The second kappa shape index (κ2) is 7.31. The average molecular weight is 326 g/mol. The summed E-state index contributed by atoms with van der Waals surface area (Å²) in [5.41, 5.74) is 1.58. The van der Waals surface area contributed by atoms with Crippen LogP contribution < -0.4 is 0 Å². The van der Waals surface area contributed by atoms with Crippen molar-refractivity contribution in [1.29, 1.82) is 0 Å². The van der Waals surface area contributed by atoms with Crippen molar-refractivity contribution in [3.05, 3.63) is 66.1 Å². The fourth-order valence-electron chi connectivity index (χ4n) is 2.70. The highest BCUT2D eigenvalue weighted by Gasteiger charge is 2.19. The summed E-state index contributed by atoms with van der Waals surface area (Å²) in [6.45, 7) is 2.61. The lowest BCUT2D eigenvalue weighted by Crippen LogP contribution is -2.24. The zero-order valence-electron chi connectivity index (χ0n) is 13.7. The number of rotatable bonds is 6. The molecule has 3 aromatic rings. The summed E-state index contributed by atoms with van der Waals surface area (Å²) in [5.74, 6) is 0.487. The third-order valence-electron chi connectivity index (χ3n) is 3.87. The van der Waals surface area contributed by atoms with E-state index in [-0.39, 0.29) is 11.9 Å². The summed E-state index contributed by atoms with van der Waals surface area (Å²) >= 11 is 0. The Balaban J connectivity index is 1.74. The van der Waals surface area contributed by atoms with Gasteiger partial charge in [0.25, 0.3) is 0 Å². The molecule has 1 atom stereocenters. The van der Waals surface area contributed by atoms with Crippen molar-refractivity contribution in [3.63, 3.8) is 0 Å². The summed E-state index contributed by atoms with van der Waals surface area (Å²) in [7, 11) is 1.99. The minimum atomic E-state index is -0.328. The third-order valence-corrected chi connectivity index (χ3v) is 3.87. The Labute approximate surface area is 140 Å². The first kappa shape index (κ1) is 16.3. The van der Waals surface area contributed by atoms with Crippen molar-refractivity contribution in [2.75, 3.05) is 7.05 Å². The second-order valence-electron chi connectivity index (χ2n) is 5.61. The van der Waals surface area contributed by atoms with Crippen LogP contribution >= 0.6 is 0 Å². The van der Waals surface area contributed by atoms with E-state index in [0.717, 1.165) is 12.1 Å². The Morgan fingerprint density at radius 1 is 1.17 bits per heavy atom. The van der Waals surface area contributed by atoms with Gasteiger partial charge in [-0.15, -0.1) is 10.2 Å². The molecule has 0 aliphatic carbocycles. The van der Waals surface area contributed by atoms with Gasteiger partial charge in [0.1, 0.15) is 5.82 Å². The predicted octanol–water partition coefficient (Wildman–Crippen LogP) is 3.85. The van der Waals surface area contributed by atoms with Crippen LogP contribution in [0.25, 0.3) is 11.5 Å². The van der Waals surface area contributed by atoms with Crippen LogP contribution in [-0.2, 0) is 6.54 Å². The van der Waals surface area contributed by atoms with Gasteiger partial charge in [0.05, 0.1) is 18.3 Å². The molecule has 0 radical (unpaired) electrons. The minimum Gasteiger partial charge on any atom is -0.419 e. The second-order valence-corrected chi connectivity index (χ2v) is 5.61. The number of hydrogen-bond acceptors (Lipinski definition) is 5. The number of benzene rings is 1. The fourth-order valence-corrected chi connectivity index (χ4v) is 2.70. The van der Waals surface area contributed by atoms with Gasteiger partial charge in [-0.1, -0.05) is 19.1 Å². The maximum Gasteiger partial charge on any atom is 0.247 e. The normalized spacial score (nSPS) is 12.5. The van der Waals surface area contributed by atoms with Gasteiger partial charge in [-0.05, 0) is 43.8 Å². The third kappa shape index (κ3) is 3.65. The van der Waals surface area contributed by atoms with Crippen LogP contribution in [0.4, 0.5) is 4.39 Å². The van der Waals surface area contributed by atoms with Crippen molar-refractivity contribution in [1.82, 2.24) is 20.1 Å². The number of aromatic nitrogens is 3. The molecule has 1 aromatic carbocycles. The molecule has 0 fully saturated rings. The van der Waals surface area contributed by atoms with Crippen LogP contribution in [0.1, 0.15) is 31.0 Å². The van der Waals surface area contributed by atoms with Crippen LogP contribution in [-0.4, -0.2) is 27.1 Å². The highest BCUT2D eigenvalue weighted by atomic mass is 19.1. The molecular weight excluding hydrogens is 307 g/mol. The van der Waals surface area contributed by atoms with Gasteiger partial charge in [-0.3, -0.25) is 9.88 Å². The van der Waals surface area contributed by atoms with Crippen molar-refractivity contribution < 1.29 is 8.81 Å². The van der Waals surface area contributed by atoms with Crippen molar-refractivity contribution >= 4 is 0 Å². The average Bonchev–Trinajstić information content (AvgIpc) is 3.05. The van der Waals surface area contributed by atoms with Crippen molar-refractivity contribution in [2.45, 2.75) is 25.9 Å². The number of hydrogen-bond donors (Lipinski definition) is 0. The van der Waals surface area contributed by atoms with E-state index < -0.39 is 0 Å². The smallest absolute Gasteiger partial charge is 0.247 e. The van der Waals surface area contributed by atoms with E-state index >= 15 is 0 Å². The van der Waals surface area contributed by atoms with Crippen molar-refractivity contribution in [2.24, 2.45) is 0 Å². The van der Waals surface area contributed by atoms with E-state index in [9.17, 15) is 4.39 Å². The van der Waals surface area contributed by atoms with Gasteiger partial charge >= 0.3 is 0 Å². The van der Waals surface area contributed by atoms with Crippen LogP contribution in [0, 0.1) is 5.82 Å². The summed E-state index contributed by atoms with van der Waals surface area (Å²) in [4.78, 5) is 6.54. The highest BCUT2D eigenvalue weighted by molar-refractivity contribution is 5.52. The summed E-state index contributed by atoms with van der Waals surface area (Å²) in [6, 6.07) is 12.2. The molecule has 0 spiro atoms. The topological polar surface area (TPSA) is 55.1 Å². The monoisotopic (exact) mass is 326 g/mol. The first-order valence-electron chi connectivity index (χ1n) is 7.87. The Hall–Kier alpha value is -2.60. The molecule has 24 heavy (non-hydrogen) atoms. The van der Waals surface area contributed by atoms with E-state index in [1.807, 2.05) is 25.2 Å². The van der Waals surface area contributed by atoms with Crippen LogP contribution in [0.5, 0.6) is 0 Å². The standard InChI is InChI=1S/C18H19FN4O/c1-3-16(15-9-4-5-10-20-15)23(2)12-17-21-22-18(24-17)13-7-6-8-14(19)11-13/h4-11,16H,3,12H2,1-2H3. The highest BCUT2D eigenvalue weighted by Crippen LogP contribution is 2.24. The van der Waals surface area contributed by atoms with Crippen LogP contribution in [0.15, 0.2) is 53.1 Å². The molecule has 0 amide bonds. The summed E-state index contributed by atoms with van der Waals surface area (Å²) in [5, 5.41) is 8.08. The lowest BCUT2D eigenvalue weighted by molar-refractivity contribution is 0.205. The van der Waals surface area contributed by atoms with Gasteiger partial charge in [0.15, 0.2) is 0 Å². The number of pyridine rings is 1. The van der Waals surface area contributed by atoms with Gasteiger partial charge in [0.2, 0.25) is 11.8 Å². The van der Waals surface area contributed by atoms with E-state index in [4.69, 9.17) is 4.42 Å². The van der Waals surface area contributed by atoms with Gasteiger partial charge in [0, 0.05) is 11.8 Å². The molecule has 0 saturated heterocycles. The summed E-state index contributed by atoms with van der Waals surface area (Å²) in [6.07, 6.45) is 2.71. The molecule has 6 heteroatoms. The van der Waals surface area contributed by atoms with E-state index in [1.54, 1.807) is 18.3 Å². The van der Waals surface area contributed by atoms with Crippen molar-refractivity contribution in [3.8, 4) is 11.5 Å². The van der Waals surface area contributed by atoms with Gasteiger partial charge in [-0.2, -0.15) is 0 Å². The van der Waals surface area contributed by atoms with Gasteiger partial charge in [-0.25, -0.2) is 4.39 Å². The first-order chi connectivity index (χ1) is 11.7. The largest absolute Gasteiger partial charge is 0.419 e. The molecule has 2 heterocycles. The zero-order valence-corrected chi connectivity index (χ0v) is 13.7. The van der Waals surface area contributed by atoms with E-state index in [1.165, 1.54) is 12.1 Å².